The number of halogens is 1. The van der Waals surface area contributed by atoms with E-state index < -0.39 is 12.0 Å². The van der Waals surface area contributed by atoms with Crippen LogP contribution in [0.15, 0.2) is 27.6 Å². The monoisotopic (exact) mass is 356 g/mol. The van der Waals surface area contributed by atoms with Gasteiger partial charge in [-0.05, 0) is 41.3 Å². The second-order valence-corrected chi connectivity index (χ2v) is 5.85. The summed E-state index contributed by atoms with van der Waals surface area (Å²) in [6, 6.07) is 2.48. The van der Waals surface area contributed by atoms with Gasteiger partial charge in [-0.2, -0.15) is 0 Å². The first kappa shape index (κ1) is 15.8. The molecule has 0 bridgehead atoms. The Hall–Kier alpha value is -1.63. The molecule has 0 saturated carbocycles. The molecular weight excluding hydrogens is 340 g/mol. The van der Waals surface area contributed by atoms with Gasteiger partial charge in [0, 0.05) is 23.3 Å². The maximum absolute atomic E-state index is 12.4. The van der Waals surface area contributed by atoms with Crippen molar-refractivity contribution in [3.8, 4) is 0 Å². The van der Waals surface area contributed by atoms with Crippen molar-refractivity contribution in [2.24, 2.45) is 0 Å². The number of hydrogen-bond donors (Lipinski definition) is 0. The molecule has 1 fully saturated rings. The molecule has 6 nitrogen and oxygen atoms in total. The number of carbonyl (C=O) groups is 2. The molecule has 1 unspecified atom stereocenters. The van der Waals surface area contributed by atoms with Gasteiger partial charge >= 0.3 is 5.97 Å². The van der Waals surface area contributed by atoms with E-state index >= 15 is 0 Å². The summed E-state index contributed by atoms with van der Waals surface area (Å²) in [5.74, 6) is -0.644. The van der Waals surface area contributed by atoms with Crippen LogP contribution < -0.4 is 5.56 Å². The highest BCUT2D eigenvalue weighted by molar-refractivity contribution is 9.10. The number of amides is 1. The lowest BCUT2D eigenvalue weighted by molar-refractivity contribution is -0.154. The fourth-order valence-electron chi connectivity index (χ4n) is 2.47. The molecule has 1 aliphatic rings. The molecule has 1 amide bonds. The number of piperidine rings is 1. The summed E-state index contributed by atoms with van der Waals surface area (Å²) >= 11 is 3.27. The number of ether oxygens (including phenoxy) is 1. The molecule has 2 rings (SSSR count). The number of hydrogen-bond acceptors (Lipinski definition) is 4. The van der Waals surface area contributed by atoms with Gasteiger partial charge < -0.3 is 14.2 Å². The average molecular weight is 357 g/mol. The van der Waals surface area contributed by atoms with Crippen molar-refractivity contribution in [1.82, 2.24) is 9.47 Å². The molecule has 7 heteroatoms. The summed E-state index contributed by atoms with van der Waals surface area (Å²) in [4.78, 5) is 37.4. The molecule has 1 aromatic heterocycles. The predicted molar refractivity (Wildman–Crippen MR) is 79.8 cm³/mol. The van der Waals surface area contributed by atoms with E-state index in [9.17, 15) is 14.4 Å². The van der Waals surface area contributed by atoms with E-state index in [1.807, 2.05) is 0 Å². The third kappa shape index (κ3) is 3.72. The molecule has 0 aromatic carbocycles. The topological polar surface area (TPSA) is 68.6 Å². The SMILES string of the molecule is COC(=O)C1CCCCN1C(=O)Cn1cc(Br)ccc1=O. The largest absolute Gasteiger partial charge is 0.467 e. The maximum atomic E-state index is 12.4. The molecule has 0 N–H and O–H groups in total. The van der Waals surface area contributed by atoms with Crippen LogP contribution >= 0.6 is 15.9 Å². The minimum Gasteiger partial charge on any atom is -0.467 e. The number of esters is 1. The van der Waals surface area contributed by atoms with Crippen LogP contribution in [0.25, 0.3) is 0 Å². The molecule has 1 aliphatic heterocycles. The lowest BCUT2D eigenvalue weighted by atomic mass is 10.0. The molecule has 1 atom stereocenters. The van der Waals surface area contributed by atoms with Crippen LogP contribution in [0.1, 0.15) is 19.3 Å². The fraction of sp³-hybridized carbons (Fsp3) is 0.500. The zero-order valence-corrected chi connectivity index (χ0v) is 13.3. The standard InChI is InChI=1S/C14H17BrN2O4/c1-21-14(20)11-4-2-3-7-17(11)13(19)9-16-8-10(15)5-6-12(16)18/h5-6,8,11H,2-4,7,9H2,1H3. The first-order chi connectivity index (χ1) is 10.0. The van der Waals surface area contributed by atoms with Gasteiger partial charge in [-0.15, -0.1) is 0 Å². The summed E-state index contributed by atoms with van der Waals surface area (Å²) in [6.07, 6.45) is 3.91. The highest BCUT2D eigenvalue weighted by Crippen LogP contribution is 2.18. The summed E-state index contributed by atoms with van der Waals surface area (Å²) in [5, 5.41) is 0. The van der Waals surface area contributed by atoms with Gasteiger partial charge in [0.1, 0.15) is 12.6 Å². The smallest absolute Gasteiger partial charge is 0.328 e. The minimum absolute atomic E-state index is 0.0776. The van der Waals surface area contributed by atoms with Gasteiger partial charge in [0.15, 0.2) is 0 Å². The van der Waals surface area contributed by atoms with E-state index in [2.05, 4.69) is 15.9 Å². The third-order valence-electron chi connectivity index (χ3n) is 3.55. The van der Waals surface area contributed by atoms with Gasteiger partial charge in [-0.1, -0.05) is 0 Å². The molecule has 1 saturated heterocycles. The molecule has 0 radical (unpaired) electrons. The molecule has 2 heterocycles. The number of methoxy groups -OCH3 is 1. The Bertz CT molecular complexity index is 599. The number of nitrogens with zero attached hydrogens (tertiary/aromatic N) is 2. The molecule has 1 aromatic rings. The van der Waals surface area contributed by atoms with Gasteiger partial charge in [-0.25, -0.2) is 4.79 Å². The first-order valence-electron chi connectivity index (χ1n) is 6.76. The van der Waals surface area contributed by atoms with Crippen molar-refractivity contribution in [2.75, 3.05) is 13.7 Å². The quantitative estimate of drug-likeness (QED) is 0.762. The van der Waals surface area contributed by atoms with Gasteiger partial charge in [0.25, 0.3) is 5.56 Å². The third-order valence-corrected chi connectivity index (χ3v) is 4.02. The van der Waals surface area contributed by atoms with Gasteiger partial charge in [0.05, 0.1) is 7.11 Å². The Labute approximate surface area is 130 Å². The van der Waals surface area contributed by atoms with Crippen LogP contribution in [0.3, 0.4) is 0 Å². The van der Waals surface area contributed by atoms with E-state index in [-0.39, 0.29) is 18.0 Å². The number of likely N-dealkylation sites (tertiary alicyclic amines) is 1. The van der Waals surface area contributed by atoms with E-state index in [0.29, 0.717) is 13.0 Å². The van der Waals surface area contributed by atoms with Crippen molar-refractivity contribution in [3.63, 3.8) is 0 Å². The number of aromatic nitrogens is 1. The average Bonchev–Trinajstić information content (AvgIpc) is 2.50. The second kappa shape index (κ2) is 6.89. The summed E-state index contributed by atoms with van der Waals surface area (Å²) in [5.41, 5.74) is -0.252. The lowest BCUT2D eigenvalue weighted by Crippen LogP contribution is -2.50. The maximum Gasteiger partial charge on any atom is 0.328 e. The molecular formula is C14H17BrN2O4. The van der Waals surface area contributed by atoms with Crippen molar-refractivity contribution < 1.29 is 14.3 Å². The Morgan fingerprint density at radius 2 is 2.14 bits per heavy atom. The van der Waals surface area contributed by atoms with Crippen molar-refractivity contribution in [3.05, 3.63) is 33.2 Å². The lowest BCUT2D eigenvalue weighted by Gasteiger charge is -2.33. The Balaban J connectivity index is 2.16. The first-order valence-corrected chi connectivity index (χ1v) is 7.55. The van der Waals surface area contributed by atoms with Gasteiger partial charge in [-0.3, -0.25) is 9.59 Å². The molecule has 0 aliphatic carbocycles. The highest BCUT2D eigenvalue weighted by Gasteiger charge is 2.32. The van der Waals surface area contributed by atoms with Crippen molar-refractivity contribution in [2.45, 2.75) is 31.8 Å². The van der Waals surface area contributed by atoms with Crippen molar-refractivity contribution >= 4 is 27.8 Å². The Morgan fingerprint density at radius 3 is 2.86 bits per heavy atom. The normalized spacial score (nSPS) is 18.4. The van der Waals surface area contributed by atoms with Gasteiger partial charge in [0.2, 0.25) is 5.91 Å². The summed E-state index contributed by atoms with van der Waals surface area (Å²) < 4.78 is 6.80. The number of carbonyl (C=O) groups excluding carboxylic acids is 2. The van der Waals surface area contributed by atoms with Crippen LogP contribution in [0.4, 0.5) is 0 Å². The Kier molecular flexibility index (Phi) is 5.17. The highest BCUT2D eigenvalue weighted by atomic mass is 79.9. The Morgan fingerprint density at radius 1 is 1.38 bits per heavy atom. The van der Waals surface area contributed by atoms with Crippen LogP contribution in [-0.4, -0.2) is 41.0 Å². The van der Waals surface area contributed by atoms with Crippen LogP contribution in [0.5, 0.6) is 0 Å². The second-order valence-electron chi connectivity index (χ2n) is 4.94. The zero-order chi connectivity index (χ0) is 15.4. The fourth-order valence-corrected chi connectivity index (χ4v) is 2.85. The number of pyridine rings is 1. The predicted octanol–water partition coefficient (Wildman–Crippen LogP) is 1.16. The molecule has 114 valence electrons. The van der Waals surface area contributed by atoms with E-state index in [4.69, 9.17) is 4.74 Å². The molecule has 0 spiro atoms. The van der Waals surface area contributed by atoms with Crippen molar-refractivity contribution in [1.29, 1.82) is 0 Å². The minimum atomic E-state index is -0.542. The molecule has 21 heavy (non-hydrogen) atoms. The summed E-state index contributed by atoms with van der Waals surface area (Å²) in [6.45, 7) is 0.438. The van der Waals surface area contributed by atoms with Crippen LogP contribution in [0, 0.1) is 0 Å². The zero-order valence-electron chi connectivity index (χ0n) is 11.8. The van der Waals surface area contributed by atoms with E-state index in [0.717, 1.165) is 17.3 Å². The van der Waals surface area contributed by atoms with E-state index in [1.54, 1.807) is 12.3 Å². The van der Waals surface area contributed by atoms with Crippen LogP contribution in [-0.2, 0) is 20.9 Å². The van der Waals surface area contributed by atoms with Crippen LogP contribution in [0.2, 0.25) is 0 Å². The number of rotatable bonds is 3. The summed E-state index contributed by atoms with van der Waals surface area (Å²) in [7, 11) is 1.32. The van der Waals surface area contributed by atoms with E-state index in [1.165, 1.54) is 22.6 Å².